The molecule has 6 heteroatoms. The third-order valence-corrected chi connectivity index (χ3v) is 4.49. The number of amides is 2. The van der Waals surface area contributed by atoms with E-state index in [1.54, 1.807) is 0 Å². The molecule has 1 aliphatic rings. The predicted octanol–water partition coefficient (Wildman–Crippen LogP) is 1.69. The van der Waals surface area contributed by atoms with Crippen molar-refractivity contribution in [3.05, 3.63) is 34.3 Å². The maximum absolute atomic E-state index is 12.5. The quantitative estimate of drug-likeness (QED) is 0.813. The van der Waals surface area contributed by atoms with Crippen molar-refractivity contribution < 1.29 is 9.59 Å². The van der Waals surface area contributed by atoms with Crippen LogP contribution in [-0.2, 0) is 4.79 Å². The Balaban J connectivity index is 1.88. The zero-order valence-corrected chi connectivity index (χ0v) is 14.7. The van der Waals surface area contributed by atoms with Gasteiger partial charge in [0.2, 0.25) is 5.91 Å². The van der Waals surface area contributed by atoms with Gasteiger partial charge in [-0.15, -0.1) is 0 Å². The number of piperazine rings is 1. The summed E-state index contributed by atoms with van der Waals surface area (Å²) in [5, 5.41) is 0. The fourth-order valence-corrected chi connectivity index (χ4v) is 2.90. The molecule has 2 rings (SSSR count). The van der Waals surface area contributed by atoms with E-state index in [2.05, 4.69) is 15.9 Å². The minimum Gasteiger partial charge on any atom is -0.339 e. The first-order valence-electron chi connectivity index (χ1n) is 7.45. The Bertz CT molecular complexity index is 540. The van der Waals surface area contributed by atoms with Gasteiger partial charge in [0.1, 0.15) is 0 Å². The summed E-state index contributed by atoms with van der Waals surface area (Å²) in [5.41, 5.74) is 0.676. The van der Waals surface area contributed by atoms with E-state index < -0.39 is 0 Å². The van der Waals surface area contributed by atoms with Crippen molar-refractivity contribution in [3.63, 3.8) is 0 Å². The van der Waals surface area contributed by atoms with E-state index in [1.807, 2.05) is 53.1 Å². The summed E-state index contributed by atoms with van der Waals surface area (Å²) in [5.74, 6) is 0.189. The molecule has 0 atom stereocenters. The van der Waals surface area contributed by atoms with Crippen LogP contribution < -0.4 is 0 Å². The van der Waals surface area contributed by atoms with Gasteiger partial charge in [0.25, 0.3) is 5.91 Å². The zero-order valence-electron chi connectivity index (χ0n) is 13.1. The Morgan fingerprint density at radius 1 is 1.09 bits per heavy atom. The van der Waals surface area contributed by atoms with Gasteiger partial charge < -0.3 is 14.7 Å². The number of benzene rings is 1. The smallest absolute Gasteiger partial charge is 0.255 e. The topological polar surface area (TPSA) is 43.9 Å². The van der Waals surface area contributed by atoms with E-state index in [0.717, 1.165) is 11.0 Å². The largest absolute Gasteiger partial charge is 0.339 e. The highest BCUT2D eigenvalue weighted by Gasteiger charge is 2.25. The molecule has 0 aliphatic carbocycles. The number of halogens is 1. The highest BCUT2D eigenvalue weighted by Crippen LogP contribution is 2.18. The molecule has 0 radical (unpaired) electrons. The van der Waals surface area contributed by atoms with E-state index in [-0.39, 0.29) is 11.8 Å². The van der Waals surface area contributed by atoms with Crippen molar-refractivity contribution in [2.75, 3.05) is 46.8 Å². The first-order valence-corrected chi connectivity index (χ1v) is 8.24. The van der Waals surface area contributed by atoms with Crippen LogP contribution in [0, 0.1) is 0 Å². The fraction of sp³-hybridized carbons (Fsp3) is 0.500. The molecule has 1 aromatic carbocycles. The molecule has 0 N–H and O–H groups in total. The molecule has 0 unspecified atom stereocenters. The van der Waals surface area contributed by atoms with Crippen molar-refractivity contribution in [2.45, 2.75) is 6.42 Å². The van der Waals surface area contributed by atoms with Crippen LogP contribution in [0.5, 0.6) is 0 Å². The average molecular weight is 368 g/mol. The molecule has 120 valence electrons. The third-order valence-electron chi connectivity index (χ3n) is 3.80. The van der Waals surface area contributed by atoms with Crippen LogP contribution in [-0.4, -0.2) is 73.3 Å². The standard InChI is InChI=1S/C16H22BrN3O2/c1-18(2)8-7-15(21)19-9-11-20(12-10-19)16(22)13-5-3-4-6-14(13)17/h3-6H,7-12H2,1-2H3. The summed E-state index contributed by atoms with van der Waals surface area (Å²) < 4.78 is 0.810. The first kappa shape index (κ1) is 17.0. The Hall–Kier alpha value is -1.40. The fourth-order valence-electron chi connectivity index (χ4n) is 2.44. The summed E-state index contributed by atoms with van der Waals surface area (Å²) in [4.78, 5) is 30.3. The summed E-state index contributed by atoms with van der Waals surface area (Å²) in [6, 6.07) is 7.44. The monoisotopic (exact) mass is 367 g/mol. The van der Waals surface area contributed by atoms with Crippen LogP contribution in [0.1, 0.15) is 16.8 Å². The molecular formula is C16H22BrN3O2. The normalized spacial score (nSPS) is 15.3. The molecule has 1 saturated heterocycles. The SMILES string of the molecule is CN(C)CCC(=O)N1CCN(C(=O)c2ccccc2Br)CC1. The molecule has 5 nitrogen and oxygen atoms in total. The lowest BCUT2D eigenvalue weighted by Gasteiger charge is -2.35. The second-order valence-electron chi connectivity index (χ2n) is 5.71. The minimum absolute atomic E-state index is 0.0212. The summed E-state index contributed by atoms with van der Waals surface area (Å²) in [6.45, 7) is 3.17. The summed E-state index contributed by atoms with van der Waals surface area (Å²) in [6.07, 6.45) is 0.533. The molecule has 1 fully saturated rings. The van der Waals surface area contributed by atoms with Gasteiger partial charge >= 0.3 is 0 Å². The molecule has 0 saturated carbocycles. The highest BCUT2D eigenvalue weighted by molar-refractivity contribution is 9.10. The number of hydrogen-bond donors (Lipinski definition) is 0. The van der Waals surface area contributed by atoms with Crippen molar-refractivity contribution in [2.24, 2.45) is 0 Å². The number of hydrogen-bond acceptors (Lipinski definition) is 3. The molecule has 1 aliphatic heterocycles. The molecule has 22 heavy (non-hydrogen) atoms. The second-order valence-corrected chi connectivity index (χ2v) is 6.56. The van der Waals surface area contributed by atoms with Crippen molar-refractivity contribution in [3.8, 4) is 0 Å². The van der Waals surface area contributed by atoms with Crippen LogP contribution in [0.4, 0.5) is 0 Å². The lowest BCUT2D eigenvalue weighted by molar-refractivity contribution is -0.132. The Kier molecular flexibility index (Phi) is 5.97. The van der Waals surface area contributed by atoms with Gasteiger partial charge in [0, 0.05) is 43.6 Å². The first-order chi connectivity index (χ1) is 10.5. The number of nitrogens with zero attached hydrogens (tertiary/aromatic N) is 3. The van der Waals surface area contributed by atoms with Crippen molar-refractivity contribution in [1.82, 2.24) is 14.7 Å². The molecule has 1 aromatic rings. The maximum atomic E-state index is 12.5. The Morgan fingerprint density at radius 2 is 1.68 bits per heavy atom. The Morgan fingerprint density at radius 3 is 2.27 bits per heavy atom. The number of carbonyl (C=O) groups excluding carboxylic acids is 2. The molecule has 2 amide bonds. The molecule has 0 spiro atoms. The zero-order chi connectivity index (χ0) is 16.1. The van der Waals surface area contributed by atoms with E-state index in [0.29, 0.717) is 38.2 Å². The van der Waals surface area contributed by atoms with Crippen molar-refractivity contribution >= 4 is 27.7 Å². The van der Waals surface area contributed by atoms with Gasteiger partial charge in [-0.1, -0.05) is 12.1 Å². The van der Waals surface area contributed by atoms with Crippen LogP contribution in [0.15, 0.2) is 28.7 Å². The number of carbonyl (C=O) groups is 2. The third kappa shape index (κ3) is 4.30. The summed E-state index contributed by atoms with van der Waals surface area (Å²) >= 11 is 3.42. The number of rotatable bonds is 4. The second kappa shape index (κ2) is 7.74. The van der Waals surface area contributed by atoms with E-state index >= 15 is 0 Å². The van der Waals surface area contributed by atoms with Crippen LogP contribution in [0.25, 0.3) is 0 Å². The highest BCUT2D eigenvalue weighted by atomic mass is 79.9. The van der Waals surface area contributed by atoms with Crippen LogP contribution in [0.2, 0.25) is 0 Å². The minimum atomic E-state index is 0.0212. The van der Waals surface area contributed by atoms with Gasteiger partial charge in [-0.25, -0.2) is 0 Å². The van der Waals surface area contributed by atoms with E-state index in [4.69, 9.17) is 0 Å². The lowest BCUT2D eigenvalue weighted by atomic mass is 10.2. The maximum Gasteiger partial charge on any atom is 0.255 e. The van der Waals surface area contributed by atoms with E-state index in [1.165, 1.54) is 0 Å². The predicted molar refractivity (Wildman–Crippen MR) is 89.8 cm³/mol. The summed E-state index contributed by atoms with van der Waals surface area (Å²) in [7, 11) is 3.92. The van der Waals surface area contributed by atoms with Crippen LogP contribution >= 0.6 is 15.9 Å². The molecule has 0 bridgehead atoms. The molecule has 1 heterocycles. The molecular weight excluding hydrogens is 346 g/mol. The lowest BCUT2D eigenvalue weighted by Crippen LogP contribution is -2.51. The van der Waals surface area contributed by atoms with Crippen molar-refractivity contribution in [1.29, 1.82) is 0 Å². The van der Waals surface area contributed by atoms with Gasteiger partial charge in [-0.3, -0.25) is 9.59 Å². The van der Waals surface area contributed by atoms with Gasteiger partial charge in [-0.05, 0) is 42.2 Å². The van der Waals surface area contributed by atoms with Gasteiger partial charge in [0.15, 0.2) is 0 Å². The molecule has 0 aromatic heterocycles. The average Bonchev–Trinajstić information content (AvgIpc) is 2.52. The van der Waals surface area contributed by atoms with Gasteiger partial charge in [0.05, 0.1) is 5.56 Å². The van der Waals surface area contributed by atoms with Gasteiger partial charge in [-0.2, -0.15) is 0 Å². The van der Waals surface area contributed by atoms with E-state index in [9.17, 15) is 9.59 Å². The Labute approximate surface area is 140 Å². The van der Waals surface area contributed by atoms with Crippen LogP contribution in [0.3, 0.4) is 0 Å².